The number of alkyl halides is 4. The van der Waals surface area contributed by atoms with Crippen LogP contribution in [0.3, 0.4) is 0 Å². The van der Waals surface area contributed by atoms with Gasteiger partial charge in [-0.25, -0.2) is 9.59 Å². The molecule has 0 radical (unpaired) electrons. The van der Waals surface area contributed by atoms with Crippen molar-refractivity contribution >= 4 is 33.6 Å². The molecular formula is C20H20BrF3N2O6. The fourth-order valence-electron chi connectivity index (χ4n) is 3.24. The molecule has 8 nitrogen and oxygen atoms in total. The van der Waals surface area contributed by atoms with Gasteiger partial charge < -0.3 is 14.8 Å². The fraction of sp³-hybridized carbons (Fsp3) is 0.400. The van der Waals surface area contributed by atoms with Gasteiger partial charge >= 0.3 is 18.1 Å². The molecule has 0 saturated heterocycles. The minimum atomic E-state index is -4.99. The molecule has 0 saturated carbocycles. The number of dihydropyridines is 1. The quantitative estimate of drug-likeness (QED) is 0.179. The SMILES string of the molecule is COC(=O)C1=C(C(F)(F)F)NC(C)=C(C(=O)OCCCCBr)C1c1cccc([N+](=O)[O-])c1. The first kappa shape index (κ1) is 25.4. The van der Waals surface area contributed by atoms with E-state index in [9.17, 15) is 32.9 Å². The number of esters is 2. The lowest BCUT2D eigenvalue weighted by atomic mass is 9.80. The molecule has 32 heavy (non-hydrogen) atoms. The zero-order valence-corrected chi connectivity index (χ0v) is 18.7. The Balaban J connectivity index is 2.69. The van der Waals surface area contributed by atoms with E-state index in [2.05, 4.69) is 26.0 Å². The summed E-state index contributed by atoms with van der Waals surface area (Å²) in [5.41, 5.74) is -3.23. The average molecular weight is 521 g/mol. The van der Waals surface area contributed by atoms with Crippen molar-refractivity contribution in [3.05, 3.63) is 62.5 Å². The number of allylic oxidation sites excluding steroid dienone is 2. The van der Waals surface area contributed by atoms with E-state index in [1.165, 1.54) is 19.1 Å². The summed E-state index contributed by atoms with van der Waals surface area (Å²) in [6.45, 7) is 1.24. The largest absolute Gasteiger partial charge is 0.466 e. The Morgan fingerprint density at radius 2 is 1.91 bits per heavy atom. The maximum atomic E-state index is 13.8. The van der Waals surface area contributed by atoms with Gasteiger partial charge in [0.15, 0.2) is 0 Å². The minimum Gasteiger partial charge on any atom is -0.466 e. The van der Waals surface area contributed by atoms with Gasteiger partial charge in [-0.3, -0.25) is 10.1 Å². The molecule has 0 aliphatic carbocycles. The third-order valence-corrected chi connectivity index (χ3v) is 5.21. The van der Waals surface area contributed by atoms with Crippen molar-refractivity contribution in [3.63, 3.8) is 0 Å². The van der Waals surface area contributed by atoms with E-state index in [1.54, 1.807) is 0 Å². The Bertz CT molecular complexity index is 974. The zero-order valence-electron chi connectivity index (χ0n) is 17.1. The van der Waals surface area contributed by atoms with Gasteiger partial charge in [0.1, 0.15) is 5.70 Å². The van der Waals surface area contributed by atoms with Crippen molar-refractivity contribution in [1.82, 2.24) is 5.32 Å². The summed E-state index contributed by atoms with van der Waals surface area (Å²) in [6.07, 6.45) is -3.79. The molecule has 0 bridgehead atoms. The van der Waals surface area contributed by atoms with E-state index in [0.29, 0.717) is 18.2 Å². The molecule has 1 aromatic rings. The van der Waals surface area contributed by atoms with Crippen molar-refractivity contribution in [2.45, 2.75) is 31.9 Å². The molecule has 1 heterocycles. The van der Waals surface area contributed by atoms with Crippen LogP contribution in [-0.4, -0.2) is 42.1 Å². The average Bonchev–Trinajstić information content (AvgIpc) is 2.74. The van der Waals surface area contributed by atoms with E-state index < -0.39 is 45.9 Å². The third kappa shape index (κ3) is 5.67. The third-order valence-electron chi connectivity index (χ3n) is 4.65. The second-order valence-corrected chi connectivity index (χ2v) is 7.55. The van der Waals surface area contributed by atoms with Gasteiger partial charge in [-0.2, -0.15) is 13.2 Å². The van der Waals surface area contributed by atoms with Gasteiger partial charge in [0, 0.05) is 23.2 Å². The number of hydrogen-bond acceptors (Lipinski definition) is 7. The first-order chi connectivity index (χ1) is 15.0. The predicted octanol–water partition coefficient (Wildman–Crippen LogP) is 4.26. The van der Waals surface area contributed by atoms with Gasteiger partial charge in [-0.1, -0.05) is 28.1 Å². The number of nitrogens with one attached hydrogen (secondary N) is 1. The first-order valence-electron chi connectivity index (χ1n) is 9.37. The number of methoxy groups -OCH3 is 1. The highest BCUT2D eigenvalue weighted by Crippen LogP contribution is 2.43. The number of unbranched alkanes of at least 4 members (excludes halogenated alkanes) is 1. The van der Waals surface area contributed by atoms with Crippen LogP contribution in [0.2, 0.25) is 0 Å². The number of nitro benzene ring substituents is 1. The van der Waals surface area contributed by atoms with E-state index in [1.807, 2.05) is 0 Å². The summed E-state index contributed by atoms with van der Waals surface area (Å²) in [5.74, 6) is -3.87. The summed E-state index contributed by atoms with van der Waals surface area (Å²) < 4.78 is 51.2. The van der Waals surface area contributed by atoms with E-state index in [0.717, 1.165) is 19.2 Å². The number of carbonyl (C=O) groups excluding carboxylic acids is 2. The van der Waals surface area contributed by atoms with Crippen molar-refractivity contribution < 1.29 is 37.2 Å². The molecule has 0 amide bonds. The Morgan fingerprint density at radius 3 is 2.47 bits per heavy atom. The van der Waals surface area contributed by atoms with Crippen molar-refractivity contribution in [1.29, 1.82) is 0 Å². The van der Waals surface area contributed by atoms with Crippen LogP contribution < -0.4 is 5.32 Å². The van der Waals surface area contributed by atoms with Crippen molar-refractivity contribution in [2.24, 2.45) is 0 Å². The van der Waals surface area contributed by atoms with Gasteiger partial charge in [0.25, 0.3) is 5.69 Å². The summed E-state index contributed by atoms with van der Waals surface area (Å²) in [4.78, 5) is 35.8. The number of hydrogen-bond donors (Lipinski definition) is 1. The minimum absolute atomic E-state index is 0.00622. The molecule has 0 fully saturated rings. The molecular weight excluding hydrogens is 501 g/mol. The summed E-state index contributed by atoms with van der Waals surface area (Å²) in [6, 6.07) is 4.71. The van der Waals surface area contributed by atoms with Gasteiger partial charge in [0.05, 0.1) is 35.7 Å². The second-order valence-electron chi connectivity index (χ2n) is 6.76. The van der Waals surface area contributed by atoms with Gasteiger partial charge in [0.2, 0.25) is 0 Å². The number of halogens is 4. The van der Waals surface area contributed by atoms with Crippen LogP contribution in [0.25, 0.3) is 0 Å². The van der Waals surface area contributed by atoms with Crippen LogP contribution in [0.1, 0.15) is 31.2 Å². The molecule has 1 unspecified atom stereocenters. The van der Waals surface area contributed by atoms with Crippen LogP contribution in [0.4, 0.5) is 18.9 Å². The summed E-state index contributed by atoms with van der Waals surface area (Å²) >= 11 is 3.24. The molecule has 0 aromatic heterocycles. The van der Waals surface area contributed by atoms with Crippen LogP contribution >= 0.6 is 15.9 Å². The van der Waals surface area contributed by atoms with Crippen LogP contribution in [-0.2, 0) is 19.1 Å². The number of non-ortho nitro benzene ring substituents is 1. The highest BCUT2D eigenvalue weighted by atomic mass is 79.9. The van der Waals surface area contributed by atoms with E-state index in [-0.39, 0.29) is 23.4 Å². The molecule has 1 aliphatic heterocycles. The lowest BCUT2D eigenvalue weighted by Gasteiger charge is -2.31. The van der Waals surface area contributed by atoms with Gasteiger partial charge in [-0.05, 0) is 25.3 Å². The normalized spacial score (nSPS) is 16.5. The van der Waals surface area contributed by atoms with Crippen molar-refractivity contribution in [2.75, 3.05) is 19.0 Å². The lowest BCUT2D eigenvalue weighted by Crippen LogP contribution is -2.38. The van der Waals surface area contributed by atoms with Crippen LogP contribution in [0, 0.1) is 10.1 Å². The molecule has 1 N–H and O–H groups in total. The topological polar surface area (TPSA) is 108 Å². The fourth-order valence-corrected chi connectivity index (χ4v) is 3.64. The molecule has 174 valence electrons. The zero-order chi connectivity index (χ0) is 24.1. The van der Waals surface area contributed by atoms with Crippen LogP contribution in [0.5, 0.6) is 0 Å². The predicted molar refractivity (Wildman–Crippen MR) is 111 cm³/mol. The number of ether oxygens (including phenoxy) is 2. The molecule has 1 aromatic carbocycles. The number of nitro groups is 1. The number of carbonyl (C=O) groups is 2. The molecule has 2 rings (SSSR count). The monoisotopic (exact) mass is 520 g/mol. The number of rotatable bonds is 8. The standard InChI is InChI=1S/C20H20BrF3N2O6/c1-11-14(19(28)32-9-4-3-8-21)15(12-6-5-7-13(10-12)26(29)30)16(18(27)31-2)17(25-11)20(22,23)24/h5-7,10,15,25H,3-4,8-9H2,1-2H3. The Morgan fingerprint density at radius 1 is 1.22 bits per heavy atom. The molecule has 12 heteroatoms. The smallest absolute Gasteiger partial charge is 0.431 e. The lowest BCUT2D eigenvalue weighted by molar-refractivity contribution is -0.384. The molecule has 0 spiro atoms. The highest BCUT2D eigenvalue weighted by Gasteiger charge is 2.47. The van der Waals surface area contributed by atoms with Crippen molar-refractivity contribution in [3.8, 4) is 0 Å². The second kappa shape index (κ2) is 10.6. The summed E-state index contributed by atoms with van der Waals surface area (Å²) in [7, 11) is 0.900. The van der Waals surface area contributed by atoms with E-state index >= 15 is 0 Å². The number of nitrogens with zero attached hydrogens (tertiary/aromatic N) is 1. The summed E-state index contributed by atoms with van der Waals surface area (Å²) in [5, 5.41) is 14.0. The molecule has 1 aliphatic rings. The molecule has 1 atom stereocenters. The Hall–Kier alpha value is -2.89. The maximum absolute atomic E-state index is 13.8. The first-order valence-corrected chi connectivity index (χ1v) is 10.5. The Kier molecular flexibility index (Phi) is 8.42. The van der Waals surface area contributed by atoms with Gasteiger partial charge in [-0.15, -0.1) is 0 Å². The van der Waals surface area contributed by atoms with Crippen LogP contribution in [0.15, 0.2) is 46.8 Å². The highest BCUT2D eigenvalue weighted by molar-refractivity contribution is 9.09. The number of benzene rings is 1. The Labute approximate surface area is 189 Å². The maximum Gasteiger partial charge on any atom is 0.431 e. The van der Waals surface area contributed by atoms with E-state index in [4.69, 9.17) is 4.74 Å².